The molecule has 1 aromatic carbocycles. The summed E-state index contributed by atoms with van der Waals surface area (Å²) in [5, 5.41) is 5.93. The highest BCUT2D eigenvalue weighted by atomic mass is 19.1. The van der Waals surface area contributed by atoms with Gasteiger partial charge in [0, 0.05) is 54.5 Å². The molecule has 0 aliphatic carbocycles. The fourth-order valence-corrected chi connectivity index (χ4v) is 4.95. The molecule has 1 aliphatic heterocycles. The molecule has 0 bridgehead atoms. The number of rotatable bonds is 8. The van der Waals surface area contributed by atoms with E-state index in [0.29, 0.717) is 30.0 Å². The predicted molar refractivity (Wildman–Crippen MR) is 147 cm³/mol. The van der Waals surface area contributed by atoms with Crippen molar-refractivity contribution in [3.63, 3.8) is 0 Å². The Balaban J connectivity index is 1.37. The molecule has 2 atom stereocenters. The number of nitrogens with two attached hydrogens (primary N) is 1. The summed E-state index contributed by atoms with van der Waals surface area (Å²) in [4.78, 5) is 39.5. The number of carbonyl (C=O) groups is 1. The lowest BCUT2D eigenvalue weighted by Crippen LogP contribution is -2.36. The van der Waals surface area contributed by atoms with Gasteiger partial charge in [-0.3, -0.25) is 19.1 Å². The summed E-state index contributed by atoms with van der Waals surface area (Å²) in [6.45, 7) is 4.02. The minimum atomic E-state index is -0.712. The molecule has 0 unspecified atom stereocenters. The molecule has 0 radical (unpaired) electrons. The maximum absolute atomic E-state index is 14.8. The highest BCUT2D eigenvalue weighted by Crippen LogP contribution is 2.28. The predicted octanol–water partition coefficient (Wildman–Crippen LogP) is 3.56. The van der Waals surface area contributed by atoms with Crippen molar-refractivity contribution in [2.75, 3.05) is 17.6 Å². The number of fused-ring (bicyclic) bond motifs is 1. The molecule has 0 spiro atoms. The van der Waals surface area contributed by atoms with Crippen LogP contribution < -0.4 is 21.9 Å². The Morgan fingerprint density at radius 3 is 2.67 bits per heavy atom. The van der Waals surface area contributed by atoms with Crippen molar-refractivity contribution in [2.45, 2.75) is 45.2 Å². The number of halogens is 2. The zero-order chi connectivity index (χ0) is 28.4. The van der Waals surface area contributed by atoms with Crippen LogP contribution in [0.25, 0.3) is 0 Å². The summed E-state index contributed by atoms with van der Waals surface area (Å²) in [5.41, 5.74) is 9.18. The molecule has 4 aromatic rings. The highest BCUT2D eigenvalue weighted by Gasteiger charge is 2.31. The van der Waals surface area contributed by atoms with Gasteiger partial charge in [0.2, 0.25) is 5.91 Å². The second-order valence-electron chi connectivity index (χ2n) is 9.89. The second kappa shape index (κ2) is 11.2. The van der Waals surface area contributed by atoms with Gasteiger partial charge in [0.15, 0.2) is 5.82 Å². The van der Waals surface area contributed by atoms with Crippen molar-refractivity contribution >= 4 is 17.5 Å². The monoisotopic (exact) mass is 545 g/mol. The number of nitrogens with zero attached hydrogens (tertiary/aromatic N) is 4. The zero-order valence-corrected chi connectivity index (χ0v) is 22.1. The van der Waals surface area contributed by atoms with E-state index in [1.54, 1.807) is 24.5 Å². The molecule has 206 valence electrons. The van der Waals surface area contributed by atoms with Crippen molar-refractivity contribution in [2.24, 2.45) is 0 Å². The van der Waals surface area contributed by atoms with Gasteiger partial charge in [-0.15, -0.1) is 0 Å². The van der Waals surface area contributed by atoms with E-state index in [1.807, 2.05) is 26.0 Å². The van der Waals surface area contributed by atoms with Crippen molar-refractivity contribution in [3.05, 3.63) is 111 Å². The van der Waals surface area contributed by atoms with E-state index in [-0.39, 0.29) is 30.4 Å². The number of aromatic nitrogens is 4. The number of nitrogens with one attached hydrogen (secondary N) is 2. The molecule has 1 aliphatic rings. The van der Waals surface area contributed by atoms with Crippen LogP contribution in [0.5, 0.6) is 0 Å². The van der Waals surface area contributed by atoms with Gasteiger partial charge >= 0.3 is 0 Å². The maximum atomic E-state index is 14.8. The lowest BCUT2D eigenvalue weighted by molar-refractivity contribution is -0.124. The average Bonchev–Trinajstić information content (AvgIpc) is 3.36. The first-order chi connectivity index (χ1) is 19.2. The number of nitrogen functional groups attached to an aromatic ring is 1. The molecule has 4 N–H and O–H groups in total. The molecular formula is C29H29F2N7O2. The van der Waals surface area contributed by atoms with E-state index >= 15 is 0 Å². The van der Waals surface area contributed by atoms with Crippen LogP contribution in [0.15, 0.2) is 59.7 Å². The van der Waals surface area contributed by atoms with E-state index < -0.39 is 29.2 Å². The molecule has 3 aromatic heterocycles. The van der Waals surface area contributed by atoms with E-state index in [9.17, 15) is 18.4 Å². The molecule has 9 nitrogen and oxygen atoms in total. The van der Waals surface area contributed by atoms with E-state index in [1.165, 1.54) is 16.7 Å². The van der Waals surface area contributed by atoms with Crippen LogP contribution in [0.3, 0.4) is 0 Å². The Kier molecular flexibility index (Phi) is 7.54. The van der Waals surface area contributed by atoms with E-state index in [0.717, 1.165) is 22.9 Å². The van der Waals surface area contributed by atoms with Crippen LogP contribution in [-0.4, -0.2) is 32.0 Å². The van der Waals surface area contributed by atoms with Crippen LogP contribution in [0, 0.1) is 25.5 Å². The molecule has 0 fully saturated rings. The zero-order valence-electron chi connectivity index (χ0n) is 22.1. The van der Waals surface area contributed by atoms with Crippen LogP contribution in [0.4, 0.5) is 20.4 Å². The smallest absolute Gasteiger partial charge is 0.294 e. The Morgan fingerprint density at radius 1 is 1.12 bits per heavy atom. The van der Waals surface area contributed by atoms with Crippen LogP contribution in [-0.2, 0) is 17.8 Å². The number of aryl methyl sites for hydroxylation is 3. The fourth-order valence-electron chi connectivity index (χ4n) is 4.95. The third-order valence-corrected chi connectivity index (χ3v) is 7.13. The normalized spacial score (nSPS) is 14.9. The number of pyridine rings is 2. The summed E-state index contributed by atoms with van der Waals surface area (Å²) in [7, 11) is 0. The number of anilines is 2. The van der Waals surface area contributed by atoms with E-state index in [4.69, 9.17) is 5.73 Å². The summed E-state index contributed by atoms with van der Waals surface area (Å²) in [6, 6.07) is 9.79. The number of hydrogen-bond donors (Lipinski definition) is 3. The first-order valence-corrected chi connectivity index (χ1v) is 12.9. The summed E-state index contributed by atoms with van der Waals surface area (Å²) < 4.78 is 29.9. The van der Waals surface area contributed by atoms with Crippen molar-refractivity contribution < 1.29 is 13.6 Å². The van der Waals surface area contributed by atoms with Crippen LogP contribution >= 0.6 is 0 Å². The van der Waals surface area contributed by atoms with E-state index in [2.05, 4.69) is 25.6 Å². The van der Waals surface area contributed by atoms with Crippen molar-refractivity contribution in [1.29, 1.82) is 0 Å². The summed E-state index contributed by atoms with van der Waals surface area (Å²) in [6.07, 6.45) is 4.22. The van der Waals surface area contributed by atoms with Gasteiger partial charge in [-0.1, -0.05) is 18.2 Å². The van der Waals surface area contributed by atoms with Gasteiger partial charge in [-0.2, -0.15) is 0 Å². The summed E-state index contributed by atoms with van der Waals surface area (Å²) in [5.74, 6) is -1.88. The molecule has 0 saturated carbocycles. The Labute approximate surface area is 229 Å². The quantitative estimate of drug-likeness (QED) is 0.309. The van der Waals surface area contributed by atoms with Gasteiger partial charge < -0.3 is 16.4 Å². The highest BCUT2D eigenvalue weighted by molar-refractivity contribution is 5.81. The largest absolute Gasteiger partial charge is 0.384 e. The second-order valence-corrected chi connectivity index (χ2v) is 9.89. The van der Waals surface area contributed by atoms with Crippen molar-refractivity contribution in [1.82, 2.24) is 24.8 Å². The fraction of sp³-hybridized carbons (Fsp3) is 0.276. The van der Waals surface area contributed by atoms with Crippen LogP contribution in [0.1, 0.15) is 52.2 Å². The number of hydrogen-bond acceptors (Lipinski definition) is 7. The number of carbonyl (C=O) groups excluding carboxylic acids is 1. The average molecular weight is 546 g/mol. The minimum absolute atomic E-state index is 0.0293. The SMILES string of the molecule is Cc1ccc([C@@H](CNc2ncc3n(c2=O)[C@H](C(=O)NCc2ccc(N)nc2C)CC3)c2ccc(F)cc2F)nc1. The van der Waals surface area contributed by atoms with Gasteiger partial charge in [-0.05, 0) is 61.6 Å². The Bertz CT molecular complexity index is 1620. The molecule has 0 saturated heterocycles. The van der Waals surface area contributed by atoms with Gasteiger partial charge in [0.1, 0.15) is 23.5 Å². The lowest BCUT2D eigenvalue weighted by Gasteiger charge is -2.20. The third kappa shape index (κ3) is 5.54. The first-order valence-electron chi connectivity index (χ1n) is 12.9. The number of benzene rings is 1. The number of amides is 1. The van der Waals surface area contributed by atoms with Crippen LogP contribution in [0.2, 0.25) is 0 Å². The Hall–Kier alpha value is -4.67. The third-order valence-electron chi connectivity index (χ3n) is 7.13. The molecular weight excluding hydrogens is 516 g/mol. The van der Waals surface area contributed by atoms with Crippen molar-refractivity contribution in [3.8, 4) is 0 Å². The molecule has 4 heterocycles. The lowest BCUT2D eigenvalue weighted by atomic mass is 9.94. The molecule has 1 amide bonds. The van der Waals surface area contributed by atoms with Gasteiger partial charge in [0.25, 0.3) is 5.56 Å². The standard InChI is InChI=1S/C29H29F2N7O2/c1-16-3-8-24(33-12-16)22(21-7-5-19(30)11-23(21)31)15-35-27-29(40)38-20(14-34-27)6-9-25(38)28(39)36-13-18-4-10-26(32)37-17(18)2/h3-5,7-8,10-12,14,22,25H,6,9,13,15H2,1-2H3,(H2,32,37)(H,34,35)(H,36,39)/t22-,25-/m0/s1. The molecule has 40 heavy (non-hydrogen) atoms. The summed E-state index contributed by atoms with van der Waals surface area (Å²) >= 11 is 0. The van der Waals surface area contributed by atoms with Gasteiger partial charge in [0.05, 0.1) is 0 Å². The minimum Gasteiger partial charge on any atom is -0.384 e. The molecule has 5 rings (SSSR count). The maximum Gasteiger partial charge on any atom is 0.294 e. The molecule has 11 heteroatoms. The topological polar surface area (TPSA) is 128 Å². The van der Waals surface area contributed by atoms with Gasteiger partial charge in [-0.25, -0.2) is 18.7 Å². The first kappa shape index (κ1) is 26.9. The Morgan fingerprint density at radius 2 is 1.95 bits per heavy atom.